The molecule has 0 aliphatic heterocycles. The van der Waals surface area contributed by atoms with E-state index in [0.29, 0.717) is 25.8 Å². The average Bonchev–Trinajstić information content (AvgIpc) is 3.04. The molecule has 2 atom stereocenters. The number of amides is 1. The fraction of sp³-hybridized carbons (Fsp3) is 0.667. The molecule has 0 aromatic carbocycles. The largest absolute Gasteiger partial charge is 0.481 e. The van der Waals surface area contributed by atoms with Gasteiger partial charge in [0.05, 0.1) is 11.6 Å². The summed E-state index contributed by atoms with van der Waals surface area (Å²) in [4.78, 5) is 22.9. The highest BCUT2D eigenvalue weighted by Gasteiger charge is 2.33. The molecule has 1 fully saturated rings. The van der Waals surface area contributed by atoms with E-state index in [4.69, 9.17) is 5.11 Å². The Hall–Kier alpha value is -1.85. The van der Waals surface area contributed by atoms with Crippen LogP contribution in [-0.4, -0.2) is 33.7 Å². The van der Waals surface area contributed by atoms with E-state index in [0.717, 1.165) is 24.2 Å². The molecule has 0 spiro atoms. The third-order valence-corrected chi connectivity index (χ3v) is 4.34. The van der Waals surface area contributed by atoms with Crippen molar-refractivity contribution in [1.82, 2.24) is 15.5 Å². The van der Waals surface area contributed by atoms with E-state index in [1.165, 1.54) is 5.56 Å². The van der Waals surface area contributed by atoms with Crippen LogP contribution in [0.25, 0.3) is 0 Å². The Balaban J connectivity index is 1.69. The molecule has 6 nitrogen and oxygen atoms in total. The van der Waals surface area contributed by atoms with Gasteiger partial charge in [-0.2, -0.15) is 5.10 Å². The number of hydrogen-bond donors (Lipinski definition) is 3. The Morgan fingerprint density at radius 2 is 2.05 bits per heavy atom. The Morgan fingerprint density at radius 3 is 2.62 bits per heavy atom. The lowest BCUT2D eigenvalue weighted by molar-refractivity contribution is -0.141. The van der Waals surface area contributed by atoms with Crippen molar-refractivity contribution in [3.05, 3.63) is 17.0 Å². The summed E-state index contributed by atoms with van der Waals surface area (Å²) in [7, 11) is 0. The predicted octanol–water partition coefficient (Wildman–Crippen LogP) is 1.58. The molecule has 0 radical (unpaired) electrons. The zero-order valence-corrected chi connectivity index (χ0v) is 12.6. The first kappa shape index (κ1) is 15.5. The number of carboxylic acids is 1. The quantitative estimate of drug-likeness (QED) is 0.694. The number of carbonyl (C=O) groups is 2. The van der Waals surface area contributed by atoms with Crippen LogP contribution in [0, 0.1) is 25.7 Å². The molecule has 21 heavy (non-hydrogen) atoms. The van der Waals surface area contributed by atoms with Gasteiger partial charge in [-0.3, -0.25) is 14.7 Å². The molecule has 6 heteroatoms. The highest BCUT2D eigenvalue weighted by atomic mass is 16.4. The fourth-order valence-corrected chi connectivity index (χ4v) is 3.01. The van der Waals surface area contributed by atoms with Crippen LogP contribution < -0.4 is 5.32 Å². The predicted molar refractivity (Wildman–Crippen MR) is 77.9 cm³/mol. The maximum atomic E-state index is 12.0. The molecule has 1 heterocycles. The highest BCUT2D eigenvalue weighted by Crippen LogP contribution is 2.31. The van der Waals surface area contributed by atoms with Crippen molar-refractivity contribution in [3.8, 4) is 0 Å². The number of carbonyl (C=O) groups excluding carboxylic acids is 1. The molecule has 1 aliphatic rings. The number of nitrogens with one attached hydrogen (secondary N) is 2. The second kappa shape index (κ2) is 6.74. The van der Waals surface area contributed by atoms with Crippen molar-refractivity contribution in [2.24, 2.45) is 11.8 Å². The molecule has 1 aromatic heterocycles. The van der Waals surface area contributed by atoms with Crippen LogP contribution in [0.2, 0.25) is 0 Å². The molecule has 0 saturated heterocycles. The SMILES string of the molecule is Cc1n[nH]c(C)c1CCCNC(=O)[C@H]1CC[C@@H](C(=O)O)C1. The van der Waals surface area contributed by atoms with E-state index < -0.39 is 5.97 Å². The van der Waals surface area contributed by atoms with Gasteiger partial charge in [0.1, 0.15) is 0 Å². The fourth-order valence-electron chi connectivity index (χ4n) is 3.01. The van der Waals surface area contributed by atoms with Crippen LogP contribution in [-0.2, 0) is 16.0 Å². The summed E-state index contributed by atoms with van der Waals surface area (Å²) >= 11 is 0. The van der Waals surface area contributed by atoms with Crippen LogP contribution in [0.5, 0.6) is 0 Å². The van der Waals surface area contributed by atoms with Crippen LogP contribution in [0.15, 0.2) is 0 Å². The summed E-state index contributed by atoms with van der Waals surface area (Å²) in [6.45, 7) is 4.59. The second-order valence-electron chi connectivity index (χ2n) is 5.85. The molecule has 1 saturated carbocycles. The molecule has 1 amide bonds. The summed E-state index contributed by atoms with van der Waals surface area (Å²) in [5.74, 6) is -1.27. The van der Waals surface area contributed by atoms with Crippen molar-refractivity contribution in [3.63, 3.8) is 0 Å². The van der Waals surface area contributed by atoms with Crippen molar-refractivity contribution in [2.75, 3.05) is 6.54 Å². The minimum atomic E-state index is -0.781. The Labute approximate surface area is 124 Å². The van der Waals surface area contributed by atoms with Crippen LogP contribution >= 0.6 is 0 Å². The first-order valence-electron chi connectivity index (χ1n) is 7.50. The van der Waals surface area contributed by atoms with Gasteiger partial charge in [0.25, 0.3) is 0 Å². The summed E-state index contributed by atoms with van der Waals surface area (Å²) in [5.41, 5.74) is 3.31. The Morgan fingerprint density at radius 1 is 1.33 bits per heavy atom. The van der Waals surface area contributed by atoms with Gasteiger partial charge in [-0.05, 0) is 51.5 Å². The van der Waals surface area contributed by atoms with Crippen LogP contribution in [0.4, 0.5) is 0 Å². The smallest absolute Gasteiger partial charge is 0.306 e. The molecule has 3 N–H and O–H groups in total. The van der Waals surface area contributed by atoms with Crippen LogP contribution in [0.3, 0.4) is 0 Å². The van der Waals surface area contributed by atoms with Crippen molar-refractivity contribution in [1.29, 1.82) is 0 Å². The van der Waals surface area contributed by atoms with Gasteiger partial charge >= 0.3 is 5.97 Å². The Bertz CT molecular complexity index is 505. The standard InChI is InChI=1S/C15H23N3O3/c1-9-13(10(2)18-17-9)4-3-7-16-14(19)11-5-6-12(8-11)15(20)21/h11-12H,3-8H2,1-2H3,(H,16,19)(H,17,18)(H,20,21)/t11-,12+/m0/s1. The molecule has 116 valence electrons. The average molecular weight is 293 g/mol. The zero-order chi connectivity index (χ0) is 15.4. The molecule has 1 aliphatic carbocycles. The third-order valence-electron chi connectivity index (χ3n) is 4.34. The summed E-state index contributed by atoms with van der Waals surface area (Å²) in [5, 5.41) is 19.0. The van der Waals surface area contributed by atoms with Gasteiger partial charge in [0.15, 0.2) is 0 Å². The first-order valence-corrected chi connectivity index (χ1v) is 7.50. The van der Waals surface area contributed by atoms with Crippen LogP contribution in [0.1, 0.15) is 42.6 Å². The molecule has 0 bridgehead atoms. The number of rotatable bonds is 6. The molecular weight excluding hydrogens is 270 g/mol. The van der Waals surface area contributed by atoms with Gasteiger partial charge in [0.2, 0.25) is 5.91 Å². The minimum Gasteiger partial charge on any atom is -0.481 e. The van der Waals surface area contributed by atoms with E-state index in [9.17, 15) is 9.59 Å². The number of carboxylic acid groups (broad SMARTS) is 1. The first-order chi connectivity index (χ1) is 9.99. The molecular formula is C15H23N3O3. The number of hydrogen-bond acceptors (Lipinski definition) is 3. The van der Waals surface area contributed by atoms with Crippen molar-refractivity contribution in [2.45, 2.75) is 46.0 Å². The van der Waals surface area contributed by atoms with E-state index in [1.807, 2.05) is 13.8 Å². The lowest BCUT2D eigenvalue weighted by atomic mass is 10.0. The number of H-pyrrole nitrogens is 1. The number of aryl methyl sites for hydroxylation is 2. The topological polar surface area (TPSA) is 95.1 Å². The van der Waals surface area contributed by atoms with E-state index >= 15 is 0 Å². The number of nitrogens with zero attached hydrogens (tertiary/aromatic N) is 1. The molecule has 0 unspecified atom stereocenters. The number of aromatic amines is 1. The zero-order valence-electron chi connectivity index (χ0n) is 12.6. The third kappa shape index (κ3) is 3.83. The lowest BCUT2D eigenvalue weighted by Gasteiger charge is -2.10. The van der Waals surface area contributed by atoms with Gasteiger partial charge in [0, 0.05) is 18.2 Å². The molecule has 1 aromatic rings. The second-order valence-corrected chi connectivity index (χ2v) is 5.85. The van der Waals surface area contributed by atoms with Gasteiger partial charge < -0.3 is 10.4 Å². The lowest BCUT2D eigenvalue weighted by Crippen LogP contribution is -2.30. The summed E-state index contributed by atoms with van der Waals surface area (Å²) in [6.07, 6.45) is 3.52. The summed E-state index contributed by atoms with van der Waals surface area (Å²) < 4.78 is 0. The van der Waals surface area contributed by atoms with Gasteiger partial charge in [-0.15, -0.1) is 0 Å². The summed E-state index contributed by atoms with van der Waals surface area (Å²) in [6, 6.07) is 0. The van der Waals surface area contributed by atoms with Gasteiger partial charge in [-0.25, -0.2) is 0 Å². The van der Waals surface area contributed by atoms with Crippen molar-refractivity contribution < 1.29 is 14.7 Å². The number of aliphatic carboxylic acids is 1. The normalized spacial score (nSPS) is 21.4. The van der Waals surface area contributed by atoms with E-state index in [1.54, 1.807) is 0 Å². The van der Waals surface area contributed by atoms with E-state index in [-0.39, 0.29) is 17.7 Å². The maximum Gasteiger partial charge on any atom is 0.306 e. The monoisotopic (exact) mass is 293 g/mol. The van der Waals surface area contributed by atoms with E-state index in [2.05, 4.69) is 15.5 Å². The maximum absolute atomic E-state index is 12.0. The highest BCUT2D eigenvalue weighted by molar-refractivity contribution is 5.80. The minimum absolute atomic E-state index is 0.000567. The van der Waals surface area contributed by atoms with Gasteiger partial charge in [-0.1, -0.05) is 0 Å². The number of aromatic nitrogens is 2. The molecule has 2 rings (SSSR count). The Kier molecular flexibility index (Phi) is 4.98. The van der Waals surface area contributed by atoms with Crippen molar-refractivity contribution >= 4 is 11.9 Å².